The van der Waals surface area contributed by atoms with Crippen molar-refractivity contribution < 1.29 is 22.4 Å². The summed E-state index contributed by atoms with van der Waals surface area (Å²) in [5.74, 6) is -0.906. The first-order valence-corrected chi connectivity index (χ1v) is 11.1. The average molecular weight is 434 g/mol. The lowest BCUT2D eigenvalue weighted by Crippen LogP contribution is -2.46. The first-order valence-electron chi connectivity index (χ1n) is 9.61. The van der Waals surface area contributed by atoms with Crippen LogP contribution >= 0.6 is 0 Å². The smallest absolute Gasteiger partial charge is 0.261 e. The molecule has 0 atom stereocenters. The molecule has 160 valence electrons. The van der Waals surface area contributed by atoms with Crippen LogP contribution < -0.4 is 10.0 Å². The van der Waals surface area contributed by atoms with E-state index in [1.165, 1.54) is 31.2 Å². The van der Waals surface area contributed by atoms with E-state index >= 15 is 0 Å². The van der Waals surface area contributed by atoms with Crippen molar-refractivity contribution in [2.24, 2.45) is 0 Å². The molecule has 9 heteroatoms. The van der Waals surface area contributed by atoms with Crippen molar-refractivity contribution in [1.82, 2.24) is 10.2 Å². The zero-order chi connectivity index (χ0) is 21.9. The summed E-state index contributed by atoms with van der Waals surface area (Å²) in [6, 6.07) is 9.94. The van der Waals surface area contributed by atoms with Crippen LogP contribution in [0.2, 0.25) is 0 Å². The van der Waals surface area contributed by atoms with Gasteiger partial charge in [-0.25, -0.2) is 12.8 Å². The van der Waals surface area contributed by atoms with Crippen molar-refractivity contribution in [2.45, 2.75) is 37.6 Å². The van der Waals surface area contributed by atoms with Crippen LogP contribution in [-0.4, -0.2) is 44.3 Å². The zero-order valence-corrected chi connectivity index (χ0v) is 17.6. The highest BCUT2D eigenvalue weighted by Gasteiger charge is 2.24. The highest BCUT2D eigenvalue weighted by Crippen LogP contribution is 2.21. The lowest BCUT2D eigenvalue weighted by molar-refractivity contribution is -0.119. The number of likely N-dealkylation sites (tertiary alicyclic amines) is 1. The van der Waals surface area contributed by atoms with Gasteiger partial charge in [-0.15, -0.1) is 0 Å². The van der Waals surface area contributed by atoms with Crippen molar-refractivity contribution in [1.29, 1.82) is 0 Å². The largest absolute Gasteiger partial charge is 0.353 e. The molecular formula is C21H24FN3O4S. The van der Waals surface area contributed by atoms with E-state index in [1.807, 2.05) is 0 Å². The third-order valence-electron chi connectivity index (χ3n) is 5.00. The molecule has 2 amide bonds. The number of piperidine rings is 1. The fourth-order valence-corrected chi connectivity index (χ4v) is 4.43. The lowest BCUT2D eigenvalue weighted by atomic mass is 10.0. The molecule has 1 heterocycles. The van der Waals surface area contributed by atoms with Crippen LogP contribution in [0.5, 0.6) is 0 Å². The molecular weight excluding hydrogens is 409 g/mol. The molecule has 2 aromatic carbocycles. The average Bonchev–Trinajstić information content (AvgIpc) is 2.69. The minimum absolute atomic E-state index is 0.0552. The summed E-state index contributed by atoms with van der Waals surface area (Å²) < 4.78 is 41.3. The quantitative estimate of drug-likeness (QED) is 0.758. The topological polar surface area (TPSA) is 95.6 Å². The minimum Gasteiger partial charge on any atom is -0.353 e. The van der Waals surface area contributed by atoms with Gasteiger partial charge in [-0.2, -0.15) is 0 Å². The number of amides is 2. The van der Waals surface area contributed by atoms with Crippen LogP contribution in [0.3, 0.4) is 0 Å². The van der Waals surface area contributed by atoms with E-state index in [0.29, 0.717) is 37.1 Å². The third kappa shape index (κ3) is 5.15. The molecule has 0 aromatic heterocycles. The molecule has 1 aliphatic heterocycles. The molecule has 0 unspecified atom stereocenters. The Hall–Kier alpha value is -2.94. The van der Waals surface area contributed by atoms with Gasteiger partial charge in [0.2, 0.25) is 5.91 Å². The number of nitrogens with one attached hydrogen (secondary N) is 2. The van der Waals surface area contributed by atoms with Crippen LogP contribution in [0.4, 0.5) is 10.1 Å². The molecule has 1 fully saturated rings. The summed E-state index contributed by atoms with van der Waals surface area (Å²) in [7, 11) is -3.99. The van der Waals surface area contributed by atoms with Crippen LogP contribution in [0.25, 0.3) is 0 Å². The number of hydrogen-bond acceptors (Lipinski definition) is 4. The van der Waals surface area contributed by atoms with E-state index in [9.17, 15) is 22.4 Å². The molecule has 0 spiro atoms. The Morgan fingerprint density at radius 2 is 1.80 bits per heavy atom. The van der Waals surface area contributed by atoms with Gasteiger partial charge in [-0.3, -0.25) is 14.3 Å². The standard InChI is InChI=1S/C21H24FN3O4S/c1-14-6-7-19(13-20(14)22)30(28,29)24-18-5-3-4-16(12-18)21(27)25-10-8-17(9-11-25)23-15(2)26/h3-7,12-13,17,24H,8-11H2,1-2H3,(H,23,26). The first kappa shape index (κ1) is 21.8. The Labute approximate surface area is 175 Å². The fourth-order valence-electron chi connectivity index (χ4n) is 3.37. The number of hydrogen-bond donors (Lipinski definition) is 2. The second-order valence-electron chi connectivity index (χ2n) is 7.36. The van der Waals surface area contributed by atoms with Gasteiger partial charge in [0.15, 0.2) is 0 Å². The van der Waals surface area contributed by atoms with Gasteiger partial charge in [-0.05, 0) is 55.7 Å². The Bertz CT molecular complexity index is 1060. The lowest BCUT2D eigenvalue weighted by Gasteiger charge is -2.32. The molecule has 1 saturated heterocycles. The maximum atomic E-state index is 13.8. The second kappa shape index (κ2) is 8.83. The summed E-state index contributed by atoms with van der Waals surface area (Å²) in [6.45, 7) is 4.02. The van der Waals surface area contributed by atoms with E-state index in [4.69, 9.17) is 0 Å². The van der Waals surface area contributed by atoms with E-state index < -0.39 is 15.8 Å². The van der Waals surface area contributed by atoms with Gasteiger partial charge in [0, 0.05) is 37.3 Å². The van der Waals surface area contributed by atoms with Gasteiger partial charge < -0.3 is 10.2 Å². The summed E-state index contributed by atoms with van der Waals surface area (Å²) in [5, 5.41) is 2.86. The predicted molar refractivity (Wildman–Crippen MR) is 111 cm³/mol. The number of sulfonamides is 1. The number of carbonyl (C=O) groups is 2. The Morgan fingerprint density at radius 3 is 2.43 bits per heavy atom. The first-order chi connectivity index (χ1) is 14.2. The highest BCUT2D eigenvalue weighted by molar-refractivity contribution is 7.92. The minimum atomic E-state index is -3.99. The Morgan fingerprint density at radius 1 is 1.10 bits per heavy atom. The molecule has 3 rings (SSSR count). The van der Waals surface area contributed by atoms with Crippen LogP contribution in [0.1, 0.15) is 35.7 Å². The van der Waals surface area contributed by atoms with Crippen molar-refractivity contribution in [3.63, 3.8) is 0 Å². The van der Waals surface area contributed by atoms with Crippen LogP contribution in [0.15, 0.2) is 47.4 Å². The number of rotatable bonds is 5. The summed E-state index contributed by atoms with van der Waals surface area (Å²) in [6.07, 6.45) is 1.33. The molecule has 0 saturated carbocycles. The van der Waals surface area contributed by atoms with E-state index in [1.54, 1.807) is 24.0 Å². The molecule has 0 aliphatic carbocycles. The van der Waals surface area contributed by atoms with Crippen molar-refractivity contribution >= 4 is 27.5 Å². The van der Waals surface area contributed by atoms with Crippen LogP contribution in [0, 0.1) is 12.7 Å². The van der Waals surface area contributed by atoms with Gasteiger partial charge in [0.05, 0.1) is 4.90 Å². The zero-order valence-electron chi connectivity index (χ0n) is 16.8. The summed E-state index contributed by atoms with van der Waals surface area (Å²) in [4.78, 5) is 25.5. The molecule has 2 aromatic rings. The molecule has 7 nitrogen and oxygen atoms in total. The number of nitrogens with zero attached hydrogens (tertiary/aromatic N) is 1. The van der Waals surface area contributed by atoms with Crippen molar-refractivity contribution in [3.05, 3.63) is 59.4 Å². The van der Waals surface area contributed by atoms with E-state index in [2.05, 4.69) is 10.0 Å². The number of carbonyl (C=O) groups excluding carboxylic acids is 2. The molecule has 0 radical (unpaired) electrons. The van der Waals surface area contributed by atoms with Gasteiger partial charge in [-0.1, -0.05) is 12.1 Å². The molecule has 30 heavy (non-hydrogen) atoms. The summed E-state index contributed by atoms with van der Waals surface area (Å²) >= 11 is 0. The normalized spacial score (nSPS) is 15.0. The molecule has 2 N–H and O–H groups in total. The van der Waals surface area contributed by atoms with Crippen molar-refractivity contribution in [3.8, 4) is 0 Å². The van der Waals surface area contributed by atoms with E-state index in [0.717, 1.165) is 6.07 Å². The predicted octanol–water partition coefficient (Wildman–Crippen LogP) is 2.68. The van der Waals surface area contributed by atoms with Gasteiger partial charge in [0.1, 0.15) is 5.82 Å². The second-order valence-corrected chi connectivity index (χ2v) is 9.05. The summed E-state index contributed by atoms with van der Waals surface area (Å²) in [5.41, 5.74) is 0.919. The Balaban J connectivity index is 1.71. The van der Waals surface area contributed by atoms with E-state index in [-0.39, 0.29) is 28.4 Å². The SMILES string of the molecule is CC(=O)NC1CCN(C(=O)c2cccc(NS(=O)(=O)c3ccc(C)c(F)c3)c2)CC1. The van der Waals surface area contributed by atoms with Gasteiger partial charge >= 0.3 is 0 Å². The van der Waals surface area contributed by atoms with Crippen molar-refractivity contribution in [2.75, 3.05) is 17.8 Å². The molecule has 1 aliphatic rings. The highest BCUT2D eigenvalue weighted by atomic mass is 32.2. The van der Waals surface area contributed by atoms with Crippen LogP contribution in [-0.2, 0) is 14.8 Å². The monoisotopic (exact) mass is 433 g/mol. The number of halogens is 1. The maximum Gasteiger partial charge on any atom is 0.261 e. The third-order valence-corrected chi connectivity index (χ3v) is 6.38. The maximum absolute atomic E-state index is 13.8. The Kier molecular flexibility index (Phi) is 6.40. The number of anilines is 1. The van der Waals surface area contributed by atoms with Gasteiger partial charge in [0.25, 0.3) is 15.9 Å². The molecule has 0 bridgehead atoms. The fraction of sp³-hybridized carbons (Fsp3) is 0.333. The number of aryl methyl sites for hydroxylation is 1. The number of benzene rings is 2.